The third kappa shape index (κ3) is 38.2. The van der Waals surface area contributed by atoms with Crippen LogP contribution in [0.4, 0.5) is 0 Å². The molecule has 89 heavy (non-hydrogen) atoms. The van der Waals surface area contributed by atoms with Gasteiger partial charge >= 0.3 is 0 Å². The van der Waals surface area contributed by atoms with Crippen LogP contribution in [0.5, 0.6) is 0 Å². The van der Waals surface area contributed by atoms with Crippen molar-refractivity contribution in [1.82, 2.24) is 69.1 Å². The molecule has 0 saturated carbocycles. The molecule has 0 aliphatic heterocycles. The van der Waals surface area contributed by atoms with Gasteiger partial charge in [0, 0.05) is 44.9 Å². The van der Waals surface area contributed by atoms with Crippen LogP contribution >= 0.6 is 12.6 Å². The molecule has 0 saturated heterocycles. The van der Waals surface area contributed by atoms with Crippen LogP contribution in [0.1, 0.15) is 116 Å². The molecule has 38 N–H and O–H groups in total. The molecule has 0 heterocycles. The smallest absolute Gasteiger partial charge is 0.243 e. The van der Waals surface area contributed by atoms with Crippen molar-refractivity contribution >= 4 is 101 Å². The number of carbonyl (C=O) groups excluding carboxylic acids is 10. The van der Waals surface area contributed by atoms with Crippen molar-refractivity contribution < 1.29 is 47.9 Å². The number of thiol groups is 1. The SMILES string of the molecule is N=C(N)NCCC[C@H](NC(=O)[C@H](CCC(N)=O)NC(=O)[C@H](CCCNC(=N)N)NC(=O)[C@H](CCCNC(=N)N)NC(=O)[C@H](CCCNC(=N)N)NC(=O)[C@H](CCCCN)NC(=O)[C@H](CCCCN)NC(=O)[C@@H](N)CCCNC(=N)N)C(=O)N[C@@H](CS)C(N)=O. The summed E-state index contributed by atoms with van der Waals surface area (Å²) in [4.78, 5) is 137. The van der Waals surface area contributed by atoms with Gasteiger partial charge in [0.1, 0.15) is 48.3 Å². The zero-order chi connectivity index (χ0) is 67.4. The Morgan fingerprint density at radius 1 is 0.315 bits per heavy atom. The fourth-order valence-electron chi connectivity index (χ4n) is 8.34. The molecule has 39 heteroatoms. The Kier molecular flexibility index (Phi) is 41.9. The maximum Gasteiger partial charge on any atom is 0.243 e. The van der Waals surface area contributed by atoms with Gasteiger partial charge in [0.2, 0.25) is 59.1 Å². The van der Waals surface area contributed by atoms with Gasteiger partial charge < -0.3 is 126 Å². The van der Waals surface area contributed by atoms with Crippen molar-refractivity contribution in [2.24, 2.45) is 57.3 Å². The summed E-state index contributed by atoms with van der Waals surface area (Å²) >= 11 is 4.05. The van der Waals surface area contributed by atoms with Gasteiger partial charge in [0.15, 0.2) is 29.8 Å². The summed E-state index contributed by atoms with van der Waals surface area (Å²) in [5.41, 5.74) is 55.7. The summed E-state index contributed by atoms with van der Waals surface area (Å²) in [5, 5.41) is 71.3. The van der Waals surface area contributed by atoms with E-state index in [1.54, 1.807) is 0 Å². The Hall–Kier alpha value is -8.72. The van der Waals surface area contributed by atoms with E-state index in [2.05, 4.69) is 81.7 Å². The van der Waals surface area contributed by atoms with Crippen LogP contribution in [0, 0.1) is 27.0 Å². The second-order valence-electron chi connectivity index (χ2n) is 20.7. The Balaban J connectivity index is 7.35. The lowest BCUT2D eigenvalue weighted by Gasteiger charge is -2.28. The normalized spacial score (nSPS) is 13.8. The predicted molar refractivity (Wildman–Crippen MR) is 336 cm³/mol. The largest absolute Gasteiger partial charge is 0.370 e. The third-order valence-corrected chi connectivity index (χ3v) is 13.5. The highest BCUT2D eigenvalue weighted by atomic mass is 32.1. The summed E-state index contributed by atoms with van der Waals surface area (Å²) < 4.78 is 0. The zero-order valence-electron chi connectivity index (χ0n) is 50.4. The monoisotopic (exact) mass is 1280 g/mol. The molecule has 0 aromatic heterocycles. The van der Waals surface area contributed by atoms with Gasteiger partial charge in [-0.05, 0) is 122 Å². The van der Waals surface area contributed by atoms with Crippen molar-refractivity contribution in [3.8, 4) is 0 Å². The van der Waals surface area contributed by atoms with E-state index >= 15 is 0 Å². The molecule has 0 aliphatic carbocycles. The van der Waals surface area contributed by atoms with Crippen LogP contribution in [0.15, 0.2) is 0 Å². The average molecular weight is 1290 g/mol. The molecule has 0 rings (SSSR count). The molecule has 38 nitrogen and oxygen atoms in total. The van der Waals surface area contributed by atoms with E-state index in [-0.39, 0.29) is 134 Å². The lowest BCUT2D eigenvalue weighted by molar-refractivity contribution is -0.136. The first-order chi connectivity index (χ1) is 42.1. The number of nitrogens with two attached hydrogens (primary N) is 10. The minimum absolute atomic E-state index is 0.00127. The second-order valence-corrected chi connectivity index (χ2v) is 21.0. The van der Waals surface area contributed by atoms with Crippen LogP contribution in [0.2, 0.25) is 0 Å². The molecule has 0 aromatic rings. The van der Waals surface area contributed by atoms with E-state index in [1.165, 1.54) is 0 Å². The Labute approximate surface area is 522 Å². The number of amides is 10. The Morgan fingerprint density at radius 3 is 0.764 bits per heavy atom. The summed E-state index contributed by atoms with van der Waals surface area (Å²) in [7, 11) is 0. The van der Waals surface area contributed by atoms with E-state index in [4.69, 9.17) is 84.4 Å². The highest BCUT2D eigenvalue weighted by molar-refractivity contribution is 7.80. The van der Waals surface area contributed by atoms with E-state index < -0.39 is 144 Å². The van der Waals surface area contributed by atoms with Crippen molar-refractivity contribution in [1.29, 1.82) is 27.0 Å². The zero-order valence-corrected chi connectivity index (χ0v) is 51.3. The van der Waals surface area contributed by atoms with Crippen LogP contribution in [0.3, 0.4) is 0 Å². The van der Waals surface area contributed by atoms with Crippen molar-refractivity contribution in [2.75, 3.05) is 51.6 Å². The molecule has 0 aliphatic rings. The molecule has 10 amide bonds. The van der Waals surface area contributed by atoms with Crippen molar-refractivity contribution in [3.05, 3.63) is 0 Å². The average Bonchev–Trinajstić information content (AvgIpc) is 2.39. The predicted octanol–water partition coefficient (Wildman–Crippen LogP) is -9.55. The second kappa shape index (κ2) is 46.4. The van der Waals surface area contributed by atoms with Crippen LogP contribution in [-0.2, 0) is 47.9 Å². The number of carbonyl (C=O) groups is 10. The van der Waals surface area contributed by atoms with E-state index in [0.717, 1.165) is 0 Å². The number of rotatable bonds is 49. The van der Waals surface area contributed by atoms with Gasteiger partial charge in [-0.1, -0.05) is 0 Å². The van der Waals surface area contributed by atoms with Crippen molar-refractivity contribution in [3.63, 3.8) is 0 Å². The van der Waals surface area contributed by atoms with E-state index in [1.807, 2.05) is 0 Å². The van der Waals surface area contributed by atoms with Gasteiger partial charge in [-0.25, -0.2) is 0 Å². The maximum atomic E-state index is 14.6. The lowest BCUT2D eigenvalue weighted by Crippen LogP contribution is -2.60. The highest BCUT2D eigenvalue weighted by Gasteiger charge is 2.35. The lowest BCUT2D eigenvalue weighted by atomic mass is 10.0. The van der Waals surface area contributed by atoms with Gasteiger partial charge in [-0.15, -0.1) is 0 Å². The summed E-state index contributed by atoms with van der Waals surface area (Å²) in [6.45, 7) is 0.895. The van der Waals surface area contributed by atoms with Gasteiger partial charge in [-0.3, -0.25) is 75.0 Å². The summed E-state index contributed by atoms with van der Waals surface area (Å²) in [5.74, 6) is -11.0. The fourth-order valence-corrected chi connectivity index (χ4v) is 8.61. The number of hydrogen-bond acceptors (Lipinski definition) is 19. The van der Waals surface area contributed by atoms with Crippen molar-refractivity contribution in [2.45, 2.75) is 170 Å². The summed E-state index contributed by atoms with van der Waals surface area (Å²) in [6, 6.07) is -12.4. The third-order valence-electron chi connectivity index (χ3n) is 13.1. The molecule has 0 radical (unpaired) electrons. The summed E-state index contributed by atoms with van der Waals surface area (Å²) in [6.07, 6.45) is 1.00. The number of nitrogens with one attached hydrogen (secondary N) is 18. The van der Waals surface area contributed by atoms with Gasteiger partial charge in [0.05, 0.1) is 6.04 Å². The van der Waals surface area contributed by atoms with E-state index in [9.17, 15) is 47.9 Å². The van der Waals surface area contributed by atoms with Gasteiger partial charge in [0.25, 0.3) is 0 Å². The molecule has 9 atom stereocenters. The van der Waals surface area contributed by atoms with E-state index in [0.29, 0.717) is 32.1 Å². The van der Waals surface area contributed by atoms with Crippen LogP contribution in [0.25, 0.3) is 0 Å². The molecular weight excluding hydrogens is 1180 g/mol. The number of unbranched alkanes of at least 4 members (excludes halogenated alkanes) is 2. The molecule has 0 aromatic carbocycles. The first-order valence-electron chi connectivity index (χ1n) is 29.2. The Bertz CT molecular complexity index is 2340. The minimum Gasteiger partial charge on any atom is -0.370 e. The topological polar surface area (TPSA) is 707 Å². The molecule has 0 bridgehead atoms. The number of hydrogen-bond donors (Lipinski definition) is 29. The van der Waals surface area contributed by atoms with Crippen LogP contribution < -0.4 is 126 Å². The highest BCUT2D eigenvalue weighted by Crippen LogP contribution is 2.11. The maximum absolute atomic E-state index is 14.6. The molecule has 0 unspecified atom stereocenters. The molecule has 0 spiro atoms. The standard InChI is InChI=1S/C50H100N28O10S/c51-19-3-1-11-28(71-38(81)27(53)10-5-21-66-46(56)57)39(82)72-29(12-2-4-20-52)40(83)73-30(13-6-22-67-47(58)59)41(84)74-31(14-7-23-68-48(60)61)42(85)75-32(15-8-24-69-49(62)63)43(86)77-34(17-18-36(54)79)45(88)76-33(16-9-25-70-50(64)65)44(87)78-35(26-89)37(55)80/h27-35,89H,1-26,51-53H2,(H2,54,79)(H2,55,80)(H,71,81)(H,72,82)(H,73,83)(H,74,84)(H,75,85)(H,76,88)(H,77,86)(H,78,87)(H4,56,57,66)(H4,58,59,67)(H4,60,61,68)(H4,62,63,69)(H4,64,65,70)/t27-,28-,29-,30-,31-,32-,33-,34-,35-/m0/s1. The first kappa shape index (κ1) is 80.3. The molecule has 506 valence electrons. The quantitative estimate of drug-likeness (QED) is 0.0116. The minimum atomic E-state index is -1.62. The fraction of sp³-hybridized carbons (Fsp3) is 0.700. The number of primary amides is 2. The molecular formula is C50H100N28O10S. The van der Waals surface area contributed by atoms with Crippen LogP contribution in [-0.4, -0.2) is 195 Å². The number of guanidine groups is 5. The first-order valence-corrected chi connectivity index (χ1v) is 29.9. The van der Waals surface area contributed by atoms with Gasteiger partial charge in [-0.2, -0.15) is 12.6 Å². The Morgan fingerprint density at radius 2 is 0.539 bits per heavy atom. The molecule has 0 fully saturated rings.